The van der Waals surface area contributed by atoms with Crippen molar-refractivity contribution in [2.45, 2.75) is 0 Å². The summed E-state index contributed by atoms with van der Waals surface area (Å²) in [5.41, 5.74) is 12.3. The van der Waals surface area contributed by atoms with Crippen LogP contribution < -0.4 is 0 Å². The molecule has 0 aliphatic rings. The number of nitrogens with zero attached hydrogens (tertiary/aromatic N) is 5. The second kappa shape index (κ2) is 12.8. The van der Waals surface area contributed by atoms with Gasteiger partial charge in [-0.1, -0.05) is 164 Å². The standard InChI is InChI=1S/C53H33N5/c1-3-13-36(14-4-1)51-54-52(37-15-5-2-6-16-37)56-53(55-51)38-25-23-34(24-26-38)35-27-29-40(30-28-35)57-46-21-11-8-18-41(46)42-31-32-44-48-33-39-17-7-10-20-45(39)58(48)47-22-12-9-19-43(47)49(44)50(42)57/h1-33H. The third-order valence-corrected chi connectivity index (χ3v) is 11.5. The molecular weight excluding hydrogens is 707 g/mol. The average molecular weight is 740 g/mol. The average Bonchev–Trinajstić information content (AvgIpc) is 3.86. The van der Waals surface area contributed by atoms with Gasteiger partial charge in [0, 0.05) is 54.7 Å². The molecule has 5 heteroatoms. The van der Waals surface area contributed by atoms with Crippen molar-refractivity contribution in [3.05, 3.63) is 200 Å². The Labute approximate surface area is 333 Å². The Balaban J connectivity index is 0.986. The molecule has 8 aromatic carbocycles. The third kappa shape index (κ3) is 5.00. The summed E-state index contributed by atoms with van der Waals surface area (Å²) in [6.45, 7) is 0. The predicted octanol–water partition coefficient (Wildman–Crippen LogP) is 13.3. The van der Waals surface area contributed by atoms with Crippen LogP contribution in [-0.4, -0.2) is 23.9 Å². The van der Waals surface area contributed by atoms with Gasteiger partial charge in [-0.25, -0.2) is 15.0 Å². The Bertz CT molecular complexity index is 3470. The summed E-state index contributed by atoms with van der Waals surface area (Å²) in [6, 6.07) is 71.0. The Morgan fingerprint density at radius 2 is 0.776 bits per heavy atom. The fraction of sp³-hybridized carbons (Fsp3) is 0. The first kappa shape index (κ1) is 32.4. The van der Waals surface area contributed by atoms with Crippen molar-refractivity contribution in [2.24, 2.45) is 0 Å². The van der Waals surface area contributed by atoms with Gasteiger partial charge in [-0.2, -0.15) is 0 Å². The molecule has 4 aromatic heterocycles. The minimum absolute atomic E-state index is 0.645. The van der Waals surface area contributed by atoms with Gasteiger partial charge < -0.3 is 8.97 Å². The highest BCUT2D eigenvalue weighted by atomic mass is 15.0. The summed E-state index contributed by atoms with van der Waals surface area (Å²) >= 11 is 0. The third-order valence-electron chi connectivity index (χ3n) is 11.5. The largest absolute Gasteiger partial charge is 0.309 e. The van der Waals surface area contributed by atoms with Crippen LogP contribution in [0.15, 0.2) is 200 Å². The molecule has 5 nitrogen and oxygen atoms in total. The molecule has 0 atom stereocenters. The molecule has 0 radical (unpaired) electrons. The first-order valence-electron chi connectivity index (χ1n) is 19.6. The summed E-state index contributed by atoms with van der Waals surface area (Å²) in [5.74, 6) is 1.95. The zero-order valence-corrected chi connectivity index (χ0v) is 31.3. The molecule has 0 unspecified atom stereocenters. The van der Waals surface area contributed by atoms with Crippen LogP contribution in [0.1, 0.15) is 0 Å². The van der Waals surface area contributed by atoms with Gasteiger partial charge >= 0.3 is 0 Å². The lowest BCUT2D eigenvalue weighted by Crippen LogP contribution is -2.00. The van der Waals surface area contributed by atoms with Crippen molar-refractivity contribution in [2.75, 3.05) is 0 Å². The molecular formula is C53H33N5. The van der Waals surface area contributed by atoms with Crippen molar-refractivity contribution < 1.29 is 0 Å². The molecule has 270 valence electrons. The maximum absolute atomic E-state index is 4.93. The molecule has 0 bridgehead atoms. The predicted molar refractivity (Wildman–Crippen MR) is 239 cm³/mol. The summed E-state index contributed by atoms with van der Waals surface area (Å²) in [5, 5.41) is 7.48. The summed E-state index contributed by atoms with van der Waals surface area (Å²) in [6.07, 6.45) is 0. The van der Waals surface area contributed by atoms with E-state index in [-0.39, 0.29) is 0 Å². The van der Waals surface area contributed by atoms with Gasteiger partial charge in [-0.15, -0.1) is 0 Å². The van der Waals surface area contributed by atoms with E-state index in [1.807, 2.05) is 60.7 Å². The van der Waals surface area contributed by atoms with E-state index in [2.05, 4.69) is 148 Å². The Morgan fingerprint density at radius 3 is 1.43 bits per heavy atom. The van der Waals surface area contributed by atoms with E-state index in [0.717, 1.165) is 33.5 Å². The van der Waals surface area contributed by atoms with Gasteiger partial charge in [0.15, 0.2) is 17.5 Å². The van der Waals surface area contributed by atoms with Crippen molar-refractivity contribution in [3.63, 3.8) is 0 Å². The highest BCUT2D eigenvalue weighted by Gasteiger charge is 2.20. The number of hydrogen-bond donors (Lipinski definition) is 0. The lowest BCUT2D eigenvalue weighted by Gasteiger charge is -2.15. The highest BCUT2D eigenvalue weighted by Crippen LogP contribution is 2.42. The zero-order valence-electron chi connectivity index (χ0n) is 31.3. The molecule has 0 fully saturated rings. The SMILES string of the molecule is c1ccc(-c2nc(-c3ccccc3)nc(-c3ccc(-c4ccc(-n5c6ccccc6c6ccc7c(c8ccccc8n8c9ccccc9cc78)c65)cc4)cc3)n2)cc1. The fourth-order valence-corrected chi connectivity index (χ4v) is 8.86. The van der Waals surface area contributed by atoms with Crippen LogP contribution in [0, 0.1) is 0 Å². The number of pyridine rings is 1. The monoisotopic (exact) mass is 739 g/mol. The van der Waals surface area contributed by atoms with Gasteiger partial charge in [0.05, 0.1) is 27.6 Å². The molecule has 0 spiro atoms. The van der Waals surface area contributed by atoms with E-state index < -0.39 is 0 Å². The maximum Gasteiger partial charge on any atom is 0.164 e. The van der Waals surface area contributed by atoms with E-state index in [0.29, 0.717) is 17.5 Å². The van der Waals surface area contributed by atoms with E-state index in [4.69, 9.17) is 15.0 Å². The molecule has 0 N–H and O–H groups in total. The molecule has 12 rings (SSSR count). The van der Waals surface area contributed by atoms with Gasteiger partial charge in [-0.05, 0) is 47.5 Å². The smallest absolute Gasteiger partial charge is 0.164 e. The van der Waals surface area contributed by atoms with E-state index in [1.165, 1.54) is 59.9 Å². The first-order valence-corrected chi connectivity index (χ1v) is 19.6. The van der Waals surface area contributed by atoms with Crippen LogP contribution in [0.4, 0.5) is 0 Å². The minimum Gasteiger partial charge on any atom is -0.309 e. The Hall–Kier alpha value is -7.89. The van der Waals surface area contributed by atoms with Crippen LogP contribution in [0.25, 0.3) is 111 Å². The normalized spacial score (nSPS) is 11.8. The van der Waals surface area contributed by atoms with Crippen molar-refractivity contribution >= 4 is 59.9 Å². The van der Waals surface area contributed by atoms with Crippen LogP contribution >= 0.6 is 0 Å². The summed E-state index contributed by atoms with van der Waals surface area (Å²) in [7, 11) is 0. The van der Waals surface area contributed by atoms with Crippen molar-refractivity contribution in [1.29, 1.82) is 0 Å². The molecule has 0 aliphatic carbocycles. The molecule has 0 saturated carbocycles. The summed E-state index contributed by atoms with van der Waals surface area (Å²) in [4.78, 5) is 14.7. The van der Waals surface area contributed by atoms with Crippen molar-refractivity contribution in [3.8, 4) is 51.0 Å². The van der Waals surface area contributed by atoms with Crippen LogP contribution in [-0.2, 0) is 0 Å². The lowest BCUT2D eigenvalue weighted by molar-refractivity contribution is 1.07. The van der Waals surface area contributed by atoms with Crippen LogP contribution in [0.3, 0.4) is 0 Å². The molecule has 58 heavy (non-hydrogen) atoms. The van der Waals surface area contributed by atoms with Crippen molar-refractivity contribution in [1.82, 2.24) is 23.9 Å². The number of para-hydroxylation sites is 3. The summed E-state index contributed by atoms with van der Waals surface area (Å²) < 4.78 is 4.89. The first-order chi connectivity index (χ1) is 28.8. The van der Waals surface area contributed by atoms with E-state index in [1.54, 1.807) is 0 Å². The van der Waals surface area contributed by atoms with E-state index >= 15 is 0 Å². The van der Waals surface area contributed by atoms with Gasteiger partial charge in [0.25, 0.3) is 0 Å². The van der Waals surface area contributed by atoms with Gasteiger partial charge in [0.1, 0.15) is 0 Å². The second-order valence-electron chi connectivity index (χ2n) is 14.8. The number of fused-ring (bicyclic) bond motifs is 12. The van der Waals surface area contributed by atoms with Crippen LogP contribution in [0.2, 0.25) is 0 Å². The maximum atomic E-state index is 4.93. The molecule has 0 amide bonds. The molecule has 0 saturated heterocycles. The quantitative estimate of drug-likeness (QED) is 0.165. The number of rotatable bonds is 5. The highest BCUT2D eigenvalue weighted by molar-refractivity contribution is 6.28. The fourth-order valence-electron chi connectivity index (χ4n) is 8.86. The number of hydrogen-bond acceptors (Lipinski definition) is 3. The second-order valence-corrected chi connectivity index (χ2v) is 14.8. The number of benzene rings is 8. The van der Waals surface area contributed by atoms with Gasteiger partial charge in [0.2, 0.25) is 0 Å². The minimum atomic E-state index is 0.645. The lowest BCUT2D eigenvalue weighted by atomic mass is 10.0. The number of aromatic nitrogens is 5. The topological polar surface area (TPSA) is 48.0 Å². The van der Waals surface area contributed by atoms with Gasteiger partial charge in [-0.3, -0.25) is 0 Å². The van der Waals surface area contributed by atoms with Crippen LogP contribution in [0.5, 0.6) is 0 Å². The molecule has 4 heterocycles. The molecule has 12 aromatic rings. The Morgan fingerprint density at radius 1 is 0.310 bits per heavy atom. The Kier molecular flexibility index (Phi) is 7.16. The zero-order chi connectivity index (χ0) is 38.2. The molecule has 0 aliphatic heterocycles. The van der Waals surface area contributed by atoms with E-state index in [9.17, 15) is 0 Å².